The zero-order chi connectivity index (χ0) is 16.5. The van der Waals surface area contributed by atoms with Crippen molar-refractivity contribution in [3.8, 4) is 0 Å². The molecule has 0 amide bonds. The van der Waals surface area contributed by atoms with Gasteiger partial charge in [-0.2, -0.15) is 0 Å². The molecular formula is C16H21NO4S. The van der Waals surface area contributed by atoms with E-state index in [1.807, 2.05) is 6.92 Å². The quantitative estimate of drug-likeness (QED) is 0.885. The van der Waals surface area contributed by atoms with Crippen molar-refractivity contribution in [2.75, 3.05) is 6.54 Å². The van der Waals surface area contributed by atoms with E-state index >= 15 is 0 Å². The second-order valence-electron chi connectivity index (χ2n) is 5.74. The van der Waals surface area contributed by atoms with E-state index in [1.54, 1.807) is 51.1 Å². The number of nitrogens with one attached hydrogen (secondary N) is 1. The molecule has 1 aromatic heterocycles. The van der Waals surface area contributed by atoms with Crippen LogP contribution in [0.2, 0.25) is 0 Å². The minimum absolute atomic E-state index is 0.136. The number of aryl methyl sites for hydroxylation is 3. The molecule has 0 aliphatic carbocycles. The Hall–Kier alpha value is -1.63. The summed E-state index contributed by atoms with van der Waals surface area (Å²) < 4.78 is 32.4. The van der Waals surface area contributed by atoms with Gasteiger partial charge < -0.3 is 9.52 Å². The molecule has 0 saturated heterocycles. The van der Waals surface area contributed by atoms with Crippen LogP contribution >= 0.6 is 0 Å². The summed E-state index contributed by atoms with van der Waals surface area (Å²) in [6.45, 7) is 6.83. The SMILES string of the molecule is Cc1ccc(S(=O)(=O)NCC(C)(O)c2cc(C)oc2C)cc1. The van der Waals surface area contributed by atoms with Gasteiger partial charge in [0.05, 0.1) is 4.90 Å². The Bertz CT molecular complexity index is 758. The number of aliphatic hydroxyl groups is 1. The Kier molecular flexibility index (Phi) is 4.47. The maximum absolute atomic E-state index is 12.3. The van der Waals surface area contributed by atoms with Crippen molar-refractivity contribution in [1.82, 2.24) is 4.72 Å². The maximum Gasteiger partial charge on any atom is 0.240 e. The van der Waals surface area contributed by atoms with Crippen molar-refractivity contribution in [3.05, 3.63) is 53.0 Å². The number of hydrogen-bond donors (Lipinski definition) is 2. The van der Waals surface area contributed by atoms with Gasteiger partial charge in [0.15, 0.2) is 0 Å². The van der Waals surface area contributed by atoms with E-state index in [0.717, 1.165) is 5.56 Å². The van der Waals surface area contributed by atoms with Gasteiger partial charge in [0.1, 0.15) is 17.1 Å². The highest BCUT2D eigenvalue weighted by Crippen LogP contribution is 2.26. The molecule has 2 rings (SSSR count). The van der Waals surface area contributed by atoms with Gasteiger partial charge in [-0.15, -0.1) is 0 Å². The minimum atomic E-state index is -3.66. The van der Waals surface area contributed by atoms with Crippen molar-refractivity contribution in [1.29, 1.82) is 0 Å². The fraction of sp³-hybridized carbons (Fsp3) is 0.375. The van der Waals surface area contributed by atoms with Crippen LogP contribution in [0, 0.1) is 20.8 Å². The van der Waals surface area contributed by atoms with Gasteiger partial charge in [0.2, 0.25) is 10.0 Å². The summed E-state index contributed by atoms with van der Waals surface area (Å²) in [5.41, 5.74) is 0.214. The summed E-state index contributed by atoms with van der Waals surface area (Å²) >= 11 is 0. The van der Waals surface area contributed by atoms with E-state index in [1.165, 1.54) is 0 Å². The van der Waals surface area contributed by atoms with Gasteiger partial charge in [0, 0.05) is 12.1 Å². The second kappa shape index (κ2) is 5.87. The van der Waals surface area contributed by atoms with E-state index in [4.69, 9.17) is 4.42 Å². The number of hydrogen-bond acceptors (Lipinski definition) is 4. The van der Waals surface area contributed by atoms with Crippen LogP contribution in [-0.4, -0.2) is 20.1 Å². The van der Waals surface area contributed by atoms with Crippen LogP contribution in [-0.2, 0) is 15.6 Å². The standard InChI is InChI=1S/C16H21NO4S/c1-11-5-7-14(8-6-11)22(19,20)17-10-16(4,18)15-9-12(2)21-13(15)3/h5-9,17-18H,10H2,1-4H3. The first kappa shape index (κ1) is 16.7. The second-order valence-corrected chi connectivity index (χ2v) is 7.51. The van der Waals surface area contributed by atoms with Gasteiger partial charge in [-0.3, -0.25) is 0 Å². The predicted molar refractivity (Wildman–Crippen MR) is 84.1 cm³/mol. The number of furan rings is 1. The van der Waals surface area contributed by atoms with Gasteiger partial charge in [-0.05, 0) is 45.9 Å². The lowest BCUT2D eigenvalue weighted by molar-refractivity contribution is 0.0612. The molecule has 0 spiro atoms. The summed E-state index contributed by atoms with van der Waals surface area (Å²) in [5, 5.41) is 10.5. The average Bonchev–Trinajstić information content (AvgIpc) is 2.77. The van der Waals surface area contributed by atoms with Crippen molar-refractivity contribution in [3.63, 3.8) is 0 Å². The molecule has 22 heavy (non-hydrogen) atoms. The Morgan fingerprint density at radius 1 is 1.18 bits per heavy atom. The van der Waals surface area contributed by atoms with E-state index in [9.17, 15) is 13.5 Å². The predicted octanol–water partition coefficient (Wildman–Crippen LogP) is 2.39. The first-order valence-electron chi connectivity index (χ1n) is 6.98. The Labute approximate surface area is 131 Å². The molecule has 0 aliphatic heterocycles. The summed E-state index contributed by atoms with van der Waals surface area (Å²) in [7, 11) is -3.66. The monoisotopic (exact) mass is 323 g/mol. The third kappa shape index (κ3) is 3.58. The molecule has 1 atom stereocenters. The fourth-order valence-electron chi connectivity index (χ4n) is 2.30. The lowest BCUT2D eigenvalue weighted by Crippen LogP contribution is -2.38. The number of benzene rings is 1. The molecular weight excluding hydrogens is 302 g/mol. The Morgan fingerprint density at radius 2 is 1.77 bits per heavy atom. The molecule has 0 fully saturated rings. The van der Waals surface area contributed by atoms with Crippen LogP contribution in [0.5, 0.6) is 0 Å². The molecule has 0 saturated carbocycles. The molecule has 120 valence electrons. The highest BCUT2D eigenvalue weighted by atomic mass is 32.2. The Morgan fingerprint density at radius 3 is 2.27 bits per heavy atom. The van der Waals surface area contributed by atoms with E-state index < -0.39 is 15.6 Å². The lowest BCUT2D eigenvalue weighted by Gasteiger charge is -2.23. The molecule has 1 aromatic carbocycles. The highest BCUT2D eigenvalue weighted by molar-refractivity contribution is 7.89. The van der Waals surface area contributed by atoms with Crippen LogP contribution in [0.4, 0.5) is 0 Å². The van der Waals surface area contributed by atoms with E-state index in [-0.39, 0.29) is 11.4 Å². The van der Waals surface area contributed by atoms with Crippen LogP contribution < -0.4 is 4.72 Å². The normalized spacial score (nSPS) is 14.8. The maximum atomic E-state index is 12.3. The van der Waals surface area contributed by atoms with Crippen LogP contribution in [0.15, 0.2) is 39.6 Å². The first-order valence-corrected chi connectivity index (χ1v) is 8.46. The summed E-state index contributed by atoms with van der Waals surface area (Å²) in [6, 6.07) is 8.27. The van der Waals surface area contributed by atoms with Crippen LogP contribution in [0.3, 0.4) is 0 Å². The molecule has 5 nitrogen and oxygen atoms in total. The van der Waals surface area contributed by atoms with Crippen molar-refractivity contribution >= 4 is 10.0 Å². The van der Waals surface area contributed by atoms with Gasteiger partial charge >= 0.3 is 0 Å². The number of sulfonamides is 1. The van der Waals surface area contributed by atoms with Crippen LogP contribution in [0.25, 0.3) is 0 Å². The van der Waals surface area contributed by atoms with E-state index in [0.29, 0.717) is 17.1 Å². The third-order valence-electron chi connectivity index (χ3n) is 3.56. The molecule has 0 aliphatic rings. The lowest BCUT2D eigenvalue weighted by atomic mass is 9.97. The fourth-order valence-corrected chi connectivity index (χ4v) is 3.43. The molecule has 6 heteroatoms. The smallest absolute Gasteiger partial charge is 0.240 e. The summed E-state index contributed by atoms with van der Waals surface area (Å²) in [6.07, 6.45) is 0. The zero-order valence-corrected chi connectivity index (χ0v) is 14.0. The average molecular weight is 323 g/mol. The topological polar surface area (TPSA) is 79.5 Å². The molecule has 2 aromatic rings. The van der Waals surface area contributed by atoms with Gasteiger partial charge in [0.25, 0.3) is 0 Å². The molecule has 0 bridgehead atoms. The largest absolute Gasteiger partial charge is 0.466 e. The van der Waals surface area contributed by atoms with Crippen molar-refractivity contribution in [2.24, 2.45) is 0 Å². The molecule has 2 N–H and O–H groups in total. The number of rotatable bonds is 5. The summed E-state index contributed by atoms with van der Waals surface area (Å²) in [4.78, 5) is 0.175. The molecule has 0 radical (unpaired) electrons. The van der Waals surface area contributed by atoms with E-state index in [2.05, 4.69) is 4.72 Å². The minimum Gasteiger partial charge on any atom is -0.466 e. The van der Waals surface area contributed by atoms with Crippen molar-refractivity contribution < 1.29 is 17.9 Å². The van der Waals surface area contributed by atoms with Crippen LogP contribution in [0.1, 0.15) is 29.6 Å². The summed E-state index contributed by atoms with van der Waals surface area (Å²) in [5.74, 6) is 1.26. The molecule has 1 heterocycles. The third-order valence-corrected chi connectivity index (χ3v) is 4.98. The highest BCUT2D eigenvalue weighted by Gasteiger charge is 2.29. The van der Waals surface area contributed by atoms with Gasteiger partial charge in [-0.1, -0.05) is 17.7 Å². The molecule has 1 unspecified atom stereocenters. The van der Waals surface area contributed by atoms with Crippen molar-refractivity contribution in [2.45, 2.75) is 38.2 Å². The first-order chi connectivity index (χ1) is 10.1. The zero-order valence-electron chi connectivity index (χ0n) is 13.2. The van der Waals surface area contributed by atoms with Gasteiger partial charge in [-0.25, -0.2) is 13.1 Å². The Balaban J connectivity index is 2.17.